The highest BCUT2D eigenvalue weighted by Crippen LogP contribution is 2.34. The molecule has 0 saturated carbocycles. The SMILES string of the molecule is CN=NNc1cc2c3c(cc(N)cc3c1)C(=O)N(CCN(C)C)C2=O. The van der Waals surface area contributed by atoms with Gasteiger partial charge in [-0.1, -0.05) is 5.22 Å². The minimum Gasteiger partial charge on any atom is -0.399 e. The Morgan fingerprint density at radius 1 is 1.12 bits per heavy atom. The molecule has 1 aliphatic rings. The largest absolute Gasteiger partial charge is 0.399 e. The number of imide groups is 1. The third-order valence-electron chi connectivity index (χ3n) is 4.07. The van der Waals surface area contributed by atoms with E-state index in [0.29, 0.717) is 41.0 Å². The van der Waals surface area contributed by atoms with Crippen LogP contribution in [0.5, 0.6) is 0 Å². The molecule has 0 fully saturated rings. The van der Waals surface area contributed by atoms with Gasteiger partial charge >= 0.3 is 0 Å². The molecule has 0 aromatic heterocycles. The summed E-state index contributed by atoms with van der Waals surface area (Å²) in [6, 6.07) is 6.85. The van der Waals surface area contributed by atoms with Gasteiger partial charge in [0.1, 0.15) is 0 Å². The predicted molar refractivity (Wildman–Crippen MR) is 96.7 cm³/mol. The molecule has 8 heteroatoms. The van der Waals surface area contributed by atoms with Crippen molar-refractivity contribution in [2.75, 3.05) is 45.4 Å². The predicted octanol–water partition coefficient (Wildman–Crippen LogP) is 1.99. The first kappa shape index (κ1) is 16.8. The molecule has 8 nitrogen and oxygen atoms in total. The summed E-state index contributed by atoms with van der Waals surface area (Å²) in [5.74, 6) is -0.628. The van der Waals surface area contributed by atoms with E-state index >= 15 is 0 Å². The molecule has 0 atom stereocenters. The molecule has 2 aromatic rings. The summed E-state index contributed by atoms with van der Waals surface area (Å²) >= 11 is 0. The summed E-state index contributed by atoms with van der Waals surface area (Å²) in [6.45, 7) is 0.896. The Kier molecular flexibility index (Phi) is 4.37. The Balaban J connectivity index is 2.17. The van der Waals surface area contributed by atoms with Crippen molar-refractivity contribution >= 4 is 34.0 Å². The summed E-state index contributed by atoms with van der Waals surface area (Å²) < 4.78 is 0. The van der Waals surface area contributed by atoms with E-state index in [0.717, 1.165) is 5.39 Å². The quantitative estimate of drug-likeness (QED) is 0.375. The van der Waals surface area contributed by atoms with Gasteiger partial charge in [0.05, 0.1) is 23.9 Å². The number of amides is 2. The van der Waals surface area contributed by atoms with Crippen molar-refractivity contribution in [2.24, 2.45) is 10.3 Å². The van der Waals surface area contributed by atoms with Crippen molar-refractivity contribution in [3.8, 4) is 0 Å². The number of carbonyl (C=O) groups excluding carboxylic acids is 2. The fraction of sp³-hybridized carbons (Fsp3) is 0.294. The Bertz CT molecular complexity index is 890. The van der Waals surface area contributed by atoms with E-state index in [-0.39, 0.29) is 11.8 Å². The lowest BCUT2D eigenvalue weighted by Crippen LogP contribution is -2.43. The van der Waals surface area contributed by atoms with Crippen LogP contribution in [-0.4, -0.2) is 55.8 Å². The summed E-state index contributed by atoms with van der Waals surface area (Å²) in [7, 11) is 5.33. The van der Waals surface area contributed by atoms with Crippen molar-refractivity contribution in [3.63, 3.8) is 0 Å². The van der Waals surface area contributed by atoms with Crippen molar-refractivity contribution in [3.05, 3.63) is 35.4 Å². The number of nitrogens with two attached hydrogens (primary N) is 1. The number of likely N-dealkylation sites (N-methyl/N-ethyl adjacent to an activating group) is 1. The number of hydrogen-bond donors (Lipinski definition) is 2. The third-order valence-corrected chi connectivity index (χ3v) is 4.07. The molecule has 25 heavy (non-hydrogen) atoms. The van der Waals surface area contributed by atoms with Gasteiger partial charge in [-0.2, -0.15) is 5.11 Å². The van der Waals surface area contributed by atoms with Crippen molar-refractivity contribution < 1.29 is 9.59 Å². The normalized spacial score (nSPS) is 14.2. The molecule has 130 valence electrons. The van der Waals surface area contributed by atoms with Gasteiger partial charge in [0.2, 0.25) is 0 Å². The zero-order valence-corrected chi connectivity index (χ0v) is 14.4. The highest BCUT2D eigenvalue weighted by molar-refractivity contribution is 6.26. The Labute approximate surface area is 145 Å². The van der Waals surface area contributed by atoms with Crippen LogP contribution in [0.1, 0.15) is 20.7 Å². The molecule has 1 heterocycles. The number of rotatable bonds is 5. The van der Waals surface area contributed by atoms with Gasteiger partial charge in [-0.3, -0.25) is 19.9 Å². The highest BCUT2D eigenvalue weighted by atomic mass is 16.2. The summed E-state index contributed by atoms with van der Waals surface area (Å²) in [6.07, 6.45) is 0. The first-order valence-electron chi connectivity index (χ1n) is 7.85. The minimum atomic E-state index is -0.314. The zero-order chi connectivity index (χ0) is 18.1. The van der Waals surface area contributed by atoms with Gasteiger partial charge < -0.3 is 10.6 Å². The summed E-state index contributed by atoms with van der Waals surface area (Å²) in [5.41, 5.74) is 10.7. The average Bonchev–Trinajstić information content (AvgIpc) is 2.56. The molecule has 0 radical (unpaired) electrons. The molecular formula is C17H20N6O2. The van der Waals surface area contributed by atoms with Crippen LogP contribution in [0.2, 0.25) is 0 Å². The number of anilines is 2. The van der Waals surface area contributed by atoms with Gasteiger partial charge in [-0.05, 0) is 43.7 Å². The summed E-state index contributed by atoms with van der Waals surface area (Å²) in [4.78, 5) is 28.9. The molecule has 1 aliphatic heterocycles. The van der Waals surface area contributed by atoms with Gasteiger partial charge in [0.25, 0.3) is 11.8 Å². The highest BCUT2D eigenvalue weighted by Gasteiger charge is 2.33. The lowest BCUT2D eigenvalue weighted by molar-refractivity contribution is 0.0601. The van der Waals surface area contributed by atoms with Crippen LogP contribution in [0.25, 0.3) is 10.8 Å². The maximum absolute atomic E-state index is 12.9. The average molecular weight is 340 g/mol. The van der Waals surface area contributed by atoms with Crippen LogP contribution in [0.4, 0.5) is 11.4 Å². The smallest absolute Gasteiger partial charge is 0.261 e. The third kappa shape index (κ3) is 3.03. The topological polar surface area (TPSA) is 103 Å². The van der Waals surface area contributed by atoms with Crippen LogP contribution in [0.3, 0.4) is 0 Å². The van der Waals surface area contributed by atoms with Crippen LogP contribution >= 0.6 is 0 Å². The molecule has 3 N–H and O–H groups in total. The first-order valence-corrected chi connectivity index (χ1v) is 7.85. The standard InChI is InChI=1S/C17H20N6O2/c1-19-21-20-12-7-10-6-11(18)8-13-15(10)14(9-12)17(25)23(16(13)24)5-4-22(2)3/h6-9H,4-5,18H2,1-3H3,(H,19,20). The number of nitrogens with one attached hydrogen (secondary N) is 1. The number of nitrogens with zero attached hydrogens (tertiary/aromatic N) is 4. The van der Waals surface area contributed by atoms with Gasteiger partial charge in [-0.15, -0.1) is 0 Å². The Morgan fingerprint density at radius 2 is 1.80 bits per heavy atom. The lowest BCUT2D eigenvalue weighted by atomic mass is 9.92. The van der Waals surface area contributed by atoms with Gasteiger partial charge in [0.15, 0.2) is 0 Å². The van der Waals surface area contributed by atoms with Crippen LogP contribution in [0, 0.1) is 0 Å². The zero-order valence-electron chi connectivity index (χ0n) is 14.4. The van der Waals surface area contributed by atoms with Crippen LogP contribution in [-0.2, 0) is 0 Å². The van der Waals surface area contributed by atoms with Crippen molar-refractivity contribution in [2.45, 2.75) is 0 Å². The summed E-state index contributed by atoms with van der Waals surface area (Å²) in [5, 5.41) is 8.74. The fourth-order valence-electron chi connectivity index (χ4n) is 2.93. The van der Waals surface area contributed by atoms with E-state index in [1.165, 1.54) is 4.90 Å². The van der Waals surface area contributed by atoms with E-state index in [9.17, 15) is 9.59 Å². The molecule has 0 bridgehead atoms. The molecule has 3 rings (SSSR count). The molecular weight excluding hydrogens is 320 g/mol. The molecule has 0 saturated heterocycles. The maximum Gasteiger partial charge on any atom is 0.261 e. The minimum absolute atomic E-state index is 0.312. The molecule has 2 aromatic carbocycles. The first-order chi connectivity index (χ1) is 11.9. The number of hydrogen-bond acceptors (Lipinski definition) is 6. The number of benzene rings is 2. The van der Waals surface area contributed by atoms with Crippen molar-refractivity contribution in [1.82, 2.24) is 9.80 Å². The van der Waals surface area contributed by atoms with E-state index in [4.69, 9.17) is 5.73 Å². The van der Waals surface area contributed by atoms with Crippen LogP contribution in [0.15, 0.2) is 34.6 Å². The fourth-order valence-corrected chi connectivity index (χ4v) is 2.93. The number of carbonyl (C=O) groups is 2. The van der Waals surface area contributed by atoms with E-state index in [2.05, 4.69) is 15.8 Å². The molecule has 0 unspecified atom stereocenters. The van der Waals surface area contributed by atoms with Gasteiger partial charge in [-0.25, -0.2) is 0 Å². The Hall–Kier alpha value is -3.00. The second kappa shape index (κ2) is 6.48. The number of nitrogen functional groups attached to an aromatic ring is 1. The second-order valence-corrected chi connectivity index (χ2v) is 6.17. The lowest BCUT2D eigenvalue weighted by Gasteiger charge is -2.28. The Morgan fingerprint density at radius 3 is 2.44 bits per heavy atom. The molecule has 2 amide bonds. The van der Waals surface area contributed by atoms with E-state index < -0.39 is 0 Å². The van der Waals surface area contributed by atoms with E-state index in [1.807, 2.05) is 19.0 Å². The van der Waals surface area contributed by atoms with Crippen molar-refractivity contribution in [1.29, 1.82) is 0 Å². The van der Waals surface area contributed by atoms with E-state index in [1.54, 1.807) is 31.3 Å². The molecule has 0 aliphatic carbocycles. The molecule has 0 spiro atoms. The monoisotopic (exact) mass is 340 g/mol. The maximum atomic E-state index is 12.9. The van der Waals surface area contributed by atoms with Gasteiger partial charge in [0, 0.05) is 24.2 Å². The van der Waals surface area contributed by atoms with Crippen LogP contribution < -0.4 is 11.2 Å². The second-order valence-electron chi connectivity index (χ2n) is 6.17.